The molecular weight excluding hydrogens is 248 g/mol. The normalized spacial score (nSPS) is 9.39. The molecule has 2 N–H and O–H groups in total. The fourth-order valence-electron chi connectivity index (χ4n) is 0.872. The largest absolute Gasteiger partial charge is 0.573 e. The minimum absolute atomic E-state index is 0.0632. The van der Waals surface area contributed by atoms with E-state index in [0.717, 1.165) is 12.1 Å². The van der Waals surface area contributed by atoms with Gasteiger partial charge in [0.25, 0.3) is 0 Å². The van der Waals surface area contributed by atoms with Crippen LogP contribution in [0.5, 0.6) is 5.75 Å². The van der Waals surface area contributed by atoms with E-state index < -0.39 is 19.2 Å². The standard InChI is InChI=1S/C7H6BF3O3.2C2H6/c9-7(10,11)14-6-3-1-2-5(4-6)8(12)13;2*1-2/h1-4,12-13H;2*1-2H3. The van der Waals surface area contributed by atoms with E-state index in [1.165, 1.54) is 12.1 Å². The molecule has 1 aromatic carbocycles. The maximum atomic E-state index is 11.7. The minimum atomic E-state index is -4.78. The van der Waals surface area contributed by atoms with Crippen LogP contribution in [0.4, 0.5) is 13.2 Å². The third kappa shape index (κ3) is 8.89. The highest BCUT2D eigenvalue weighted by Crippen LogP contribution is 2.21. The molecule has 0 bridgehead atoms. The molecule has 0 aliphatic heterocycles. The summed E-state index contributed by atoms with van der Waals surface area (Å²) in [4.78, 5) is 0. The average Bonchev–Trinajstić information content (AvgIpc) is 2.32. The Balaban J connectivity index is 0. The quantitative estimate of drug-likeness (QED) is 0.807. The van der Waals surface area contributed by atoms with Gasteiger partial charge in [0.15, 0.2) is 0 Å². The van der Waals surface area contributed by atoms with E-state index in [9.17, 15) is 13.2 Å². The van der Waals surface area contributed by atoms with Gasteiger partial charge in [-0.05, 0) is 17.6 Å². The van der Waals surface area contributed by atoms with E-state index >= 15 is 0 Å². The molecule has 104 valence electrons. The molecule has 0 amide bonds. The molecular formula is C11H18BF3O3. The van der Waals surface area contributed by atoms with Gasteiger partial charge in [-0.1, -0.05) is 39.8 Å². The molecule has 18 heavy (non-hydrogen) atoms. The van der Waals surface area contributed by atoms with Gasteiger partial charge in [0, 0.05) is 0 Å². The van der Waals surface area contributed by atoms with Crippen LogP contribution in [0, 0.1) is 0 Å². The summed E-state index contributed by atoms with van der Waals surface area (Å²) in [6, 6.07) is 4.47. The molecule has 1 rings (SSSR count). The second-order valence-electron chi connectivity index (χ2n) is 2.49. The van der Waals surface area contributed by atoms with E-state index in [0.29, 0.717) is 0 Å². The van der Waals surface area contributed by atoms with E-state index in [1.807, 2.05) is 27.7 Å². The first-order valence-corrected chi connectivity index (χ1v) is 5.60. The molecule has 0 atom stereocenters. The molecule has 0 aliphatic rings. The Bertz CT molecular complexity index is 317. The lowest BCUT2D eigenvalue weighted by Gasteiger charge is -2.09. The first-order valence-electron chi connectivity index (χ1n) is 5.60. The van der Waals surface area contributed by atoms with Crippen LogP contribution in [0.25, 0.3) is 0 Å². The Kier molecular flexibility index (Phi) is 10.4. The lowest BCUT2D eigenvalue weighted by atomic mass is 9.80. The zero-order chi connectivity index (χ0) is 14.8. The summed E-state index contributed by atoms with van der Waals surface area (Å²) in [6.07, 6.45) is -4.78. The van der Waals surface area contributed by atoms with Gasteiger partial charge in [-0.15, -0.1) is 13.2 Å². The zero-order valence-electron chi connectivity index (χ0n) is 10.8. The number of hydrogen-bond donors (Lipinski definition) is 2. The summed E-state index contributed by atoms with van der Waals surface area (Å²) < 4.78 is 38.8. The Morgan fingerprint density at radius 1 is 1.06 bits per heavy atom. The molecule has 0 aliphatic carbocycles. The summed E-state index contributed by atoms with van der Waals surface area (Å²) in [5, 5.41) is 17.3. The van der Waals surface area contributed by atoms with Crippen molar-refractivity contribution in [3.05, 3.63) is 24.3 Å². The van der Waals surface area contributed by atoms with Gasteiger partial charge in [0.2, 0.25) is 0 Å². The molecule has 0 fully saturated rings. The average molecular weight is 266 g/mol. The highest BCUT2D eigenvalue weighted by Gasteiger charge is 2.31. The maximum Gasteiger partial charge on any atom is 0.573 e. The molecule has 0 saturated heterocycles. The summed E-state index contributed by atoms with van der Waals surface area (Å²) >= 11 is 0. The van der Waals surface area contributed by atoms with Crippen LogP contribution in [0.1, 0.15) is 27.7 Å². The number of hydrogen-bond acceptors (Lipinski definition) is 3. The van der Waals surface area contributed by atoms with Crippen molar-refractivity contribution in [1.29, 1.82) is 0 Å². The Labute approximate surface area is 105 Å². The van der Waals surface area contributed by atoms with E-state index in [4.69, 9.17) is 10.0 Å². The van der Waals surface area contributed by atoms with Crippen LogP contribution in [0.2, 0.25) is 0 Å². The number of halogens is 3. The van der Waals surface area contributed by atoms with Crippen LogP contribution < -0.4 is 10.2 Å². The molecule has 0 radical (unpaired) electrons. The Morgan fingerprint density at radius 3 is 1.94 bits per heavy atom. The number of benzene rings is 1. The second kappa shape index (κ2) is 9.79. The van der Waals surface area contributed by atoms with Crippen molar-refractivity contribution < 1.29 is 28.0 Å². The molecule has 1 aromatic rings. The van der Waals surface area contributed by atoms with Gasteiger partial charge in [0.1, 0.15) is 5.75 Å². The molecule has 0 spiro atoms. The van der Waals surface area contributed by atoms with Crippen LogP contribution in [-0.2, 0) is 0 Å². The Hall–Kier alpha value is -1.21. The lowest BCUT2D eigenvalue weighted by molar-refractivity contribution is -0.274. The molecule has 0 aromatic heterocycles. The third-order valence-electron chi connectivity index (χ3n) is 1.39. The number of alkyl halides is 3. The smallest absolute Gasteiger partial charge is 0.423 e. The number of ether oxygens (including phenoxy) is 1. The van der Waals surface area contributed by atoms with Crippen LogP contribution in [0.15, 0.2) is 24.3 Å². The highest BCUT2D eigenvalue weighted by atomic mass is 19.4. The molecule has 0 saturated carbocycles. The summed E-state index contributed by atoms with van der Waals surface area (Å²) in [5.74, 6) is -0.483. The van der Waals surface area contributed by atoms with Gasteiger partial charge >= 0.3 is 13.5 Å². The minimum Gasteiger partial charge on any atom is -0.423 e. The predicted molar refractivity (Wildman–Crippen MR) is 65.6 cm³/mol. The lowest BCUT2D eigenvalue weighted by Crippen LogP contribution is -2.30. The van der Waals surface area contributed by atoms with Crippen molar-refractivity contribution in [2.24, 2.45) is 0 Å². The van der Waals surface area contributed by atoms with Crippen molar-refractivity contribution >= 4 is 12.6 Å². The van der Waals surface area contributed by atoms with Crippen molar-refractivity contribution in [2.45, 2.75) is 34.1 Å². The summed E-state index contributed by atoms with van der Waals surface area (Å²) in [7, 11) is -1.81. The zero-order valence-corrected chi connectivity index (χ0v) is 10.8. The molecule has 0 heterocycles. The summed E-state index contributed by atoms with van der Waals surface area (Å²) in [5.41, 5.74) is -0.0632. The summed E-state index contributed by atoms with van der Waals surface area (Å²) in [6.45, 7) is 8.00. The monoisotopic (exact) mass is 266 g/mol. The van der Waals surface area contributed by atoms with E-state index in [1.54, 1.807) is 0 Å². The first-order chi connectivity index (χ1) is 8.38. The van der Waals surface area contributed by atoms with Gasteiger partial charge in [0.05, 0.1) is 0 Å². The van der Waals surface area contributed by atoms with Gasteiger partial charge in [-0.2, -0.15) is 0 Å². The second-order valence-corrected chi connectivity index (χ2v) is 2.49. The van der Waals surface area contributed by atoms with Crippen molar-refractivity contribution in [1.82, 2.24) is 0 Å². The van der Waals surface area contributed by atoms with Crippen molar-refractivity contribution in [2.75, 3.05) is 0 Å². The SMILES string of the molecule is CC.CC.OB(O)c1cccc(OC(F)(F)F)c1. The highest BCUT2D eigenvalue weighted by molar-refractivity contribution is 6.58. The molecule has 0 unspecified atom stereocenters. The molecule has 3 nitrogen and oxygen atoms in total. The topological polar surface area (TPSA) is 49.7 Å². The van der Waals surface area contributed by atoms with E-state index in [2.05, 4.69) is 4.74 Å². The van der Waals surface area contributed by atoms with Crippen LogP contribution in [0.3, 0.4) is 0 Å². The van der Waals surface area contributed by atoms with Gasteiger partial charge in [-0.25, -0.2) is 0 Å². The fourth-order valence-corrected chi connectivity index (χ4v) is 0.872. The first kappa shape index (κ1) is 19.1. The number of rotatable bonds is 2. The van der Waals surface area contributed by atoms with E-state index in [-0.39, 0.29) is 5.46 Å². The van der Waals surface area contributed by atoms with Crippen LogP contribution >= 0.6 is 0 Å². The maximum absolute atomic E-state index is 11.7. The van der Waals surface area contributed by atoms with Crippen LogP contribution in [-0.4, -0.2) is 23.5 Å². The van der Waals surface area contributed by atoms with Crippen molar-refractivity contribution in [3.8, 4) is 5.75 Å². The van der Waals surface area contributed by atoms with Crippen molar-refractivity contribution in [3.63, 3.8) is 0 Å². The third-order valence-corrected chi connectivity index (χ3v) is 1.39. The van der Waals surface area contributed by atoms with Gasteiger partial charge in [-0.3, -0.25) is 0 Å². The predicted octanol–water partition coefficient (Wildman–Crippen LogP) is 2.32. The van der Waals surface area contributed by atoms with Gasteiger partial charge < -0.3 is 14.8 Å². The Morgan fingerprint density at radius 2 is 1.56 bits per heavy atom. The fraction of sp³-hybridized carbons (Fsp3) is 0.455. The molecule has 7 heteroatoms.